The maximum absolute atomic E-state index is 12.0. The molecule has 0 radical (unpaired) electrons. The zero-order valence-corrected chi connectivity index (χ0v) is 14.4. The summed E-state index contributed by atoms with van der Waals surface area (Å²) < 4.78 is 5.13. The van der Waals surface area contributed by atoms with Gasteiger partial charge in [-0.3, -0.25) is 9.59 Å². The highest BCUT2D eigenvalue weighted by atomic mass is 16.5. The van der Waals surface area contributed by atoms with Crippen molar-refractivity contribution in [2.24, 2.45) is 0 Å². The average Bonchev–Trinajstić information content (AvgIpc) is 2.70. The number of anilines is 3. The predicted octanol–water partition coefficient (Wildman–Crippen LogP) is 3.08. The molecule has 3 aromatic carbocycles. The normalized spacial score (nSPS) is 11.6. The molecule has 3 rings (SSSR count). The Morgan fingerprint density at radius 3 is 2.15 bits per heavy atom. The number of ether oxygens (including phenoxy) is 1. The number of nitrogens with one attached hydrogen (secondary N) is 2. The second-order valence-electron chi connectivity index (χ2n) is 5.86. The summed E-state index contributed by atoms with van der Waals surface area (Å²) in [6, 6.07) is 16.0. The van der Waals surface area contributed by atoms with Crippen LogP contribution in [0.2, 0.25) is 0 Å². The molecule has 0 saturated carbocycles. The van der Waals surface area contributed by atoms with E-state index in [2.05, 4.69) is 10.6 Å². The first-order valence-corrected chi connectivity index (χ1v) is 8.04. The van der Waals surface area contributed by atoms with Crippen molar-refractivity contribution in [2.75, 3.05) is 17.7 Å². The third-order valence-electron chi connectivity index (χ3n) is 4.17. The van der Waals surface area contributed by atoms with Crippen molar-refractivity contribution in [3.8, 4) is 11.8 Å². The van der Waals surface area contributed by atoms with E-state index in [9.17, 15) is 9.59 Å². The smallest absolute Gasteiger partial charge is 0.253 e. The van der Waals surface area contributed by atoms with Crippen molar-refractivity contribution >= 4 is 17.1 Å². The van der Waals surface area contributed by atoms with Gasteiger partial charge in [-0.2, -0.15) is 5.26 Å². The Balaban J connectivity index is 1.78. The molecule has 0 bridgehead atoms. The van der Waals surface area contributed by atoms with Crippen molar-refractivity contribution < 1.29 is 4.74 Å². The molecule has 0 aliphatic heterocycles. The number of rotatable bonds is 6. The first kappa shape index (κ1) is 17.2. The lowest BCUT2D eigenvalue weighted by atomic mass is 10.1. The van der Waals surface area contributed by atoms with Crippen molar-refractivity contribution in [1.29, 1.82) is 5.26 Å². The fourth-order valence-corrected chi connectivity index (χ4v) is 2.61. The Labute approximate surface area is 150 Å². The average molecular weight is 347 g/mol. The predicted molar refractivity (Wildman–Crippen MR) is 101 cm³/mol. The summed E-state index contributed by atoms with van der Waals surface area (Å²) in [5, 5.41) is 14.9. The molecule has 0 fully saturated rings. The molecule has 1 atom stereocenters. The summed E-state index contributed by atoms with van der Waals surface area (Å²) in [5.74, 6) is 0.748. The topological polar surface area (TPSA) is 91.2 Å². The van der Waals surface area contributed by atoms with Gasteiger partial charge >= 0.3 is 0 Å². The summed E-state index contributed by atoms with van der Waals surface area (Å²) in [7, 11) is 1.60. The lowest BCUT2D eigenvalue weighted by molar-refractivity contribution is 0.414. The van der Waals surface area contributed by atoms with E-state index in [0.29, 0.717) is 11.3 Å². The Hall–Kier alpha value is -3.59. The van der Waals surface area contributed by atoms with Crippen molar-refractivity contribution in [2.45, 2.75) is 13.0 Å². The third kappa shape index (κ3) is 3.28. The Bertz CT molecular complexity index is 1020. The molecule has 0 unspecified atom stereocenters. The fourth-order valence-electron chi connectivity index (χ4n) is 2.61. The number of hydrogen-bond acceptors (Lipinski definition) is 6. The quantitative estimate of drug-likeness (QED) is 0.666. The molecule has 130 valence electrons. The van der Waals surface area contributed by atoms with Gasteiger partial charge < -0.3 is 15.4 Å². The number of benzene rings is 2. The summed E-state index contributed by atoms with van der Waals surface area (Å²) in [6.07, 6.45) is 0. The second kappa shape index (κ2) is 7.11. The van der Waals surface area contributed by atoms with E-state index in [1.807, 2.05) is 37.3 Å². The van der Waals surface area contributed by atoms with Gasteiger partial charge in [-0.15, -0.1) is 0 Å². The van der Waals surface area contributed by atoms with E-state index in [4.69, 9.17) is 10.00 Å². The van der Waals surface area contributed by atoms with E-state index in [-0.39, 0.29) is 17.4 Å². The van der Waals surface area contributed by atoms with E-state index in [0.717, 1.165) is 11.3 Å². The van der Waals surface area contributed by atoms with E-state index in [1.165, 1.54) is 0 Å². The van der Waals surface area contributed by atoms with Crippen LogP contribution in [0.1, 0.15) is 24.1 Å². The summed E-state index contributed by atoms with van der Waals surface area (Å²) in [4.78, 5) is 23.9. The number of nitriles is 1. The molecule has 6 heteroatoms. The molecule has 2 N–H and O–H groups in total. The standard InChI is InChI=1S/C20H17N3O3/c1-12(14-5-9-16(26-2)10-6-14)22-17-18(20(25)19(17)24)23-15-7-3-13(11-21)4-8-15/h3-10,12,22-23H,1-2H3/t12-/m1/s1. The zero-order chi connectivity index (χ0) is 18.7. The number of nitrogens with zero attached hydrogens (tertiary/aromatic N) is 1. The molecule has 3 aromatic rings. The van der Waals surface area contributed by atoms with Gasteiger partial charge in [0.05, 0.1) is 18.7 Å². The highest BCUT2D eigenvalue weighted by molar-refractivity contribution is 5.79. The SMILES string of the molecule is COc1ccc([C@@H](C)Nc2c(Nc3ccc(C#N)cc3)c(=O)c2=O)cc1. The lowest BCUT2D eigenvalue weighted by Crippen LogP contribution is -2.37. The van der Waals surface area contributed by atoms with Crippen molar-refractivity contribution in [3.05, 3.63) is 80.1 Å². The largest absolute Gasteiger partial charge is 0.497 e. The van der Waals surface area contributed by atoms with Crippen LogP contribution in [0.3, 0.4) is 0 Å². The van der Waals surface area contributed by atoms with Crippen LogP contribution in [0.25, 0.3) is 0 Å². The maximum atomic E-state index is 12.0. The van der Waals surface area contributed by atoms with Gasteiger partial charge in [-0.1, -0.05) is 12.1 Å². The van der Waals surface area contributed by atoms with Gasteiger partial charge in [0.1, 0.15) is 17.1 Å². The van der Waals surface area contributed by atoms with E-state index < -0.39 is 10.9 Å². The molecule has 0 aliphatic rings. The molecular weight excluding hydrogens is 330 g/mol. The molecule has 0 saturated heterocycles. The van der Waals surface area contributed by atoms with Crippen LogP contribution < -0.4 is 26.2 Å². The Morgan fingerprint density at radius 1 is 0.962 bits per heavy atom. The zero-order valence-electron chi connectivity index (χ0n) is 14.4. The molecule has 0 spiro atoms. The van der Waals surface area contributed by atoms with E-state index >= 15 is 0 Å². The van der Waals surface area contributed by atoms with Gasteiger partial charge in [0, 0.05) is 11.7 Å². The number of hydrogen-bond donors (Lipinski definition) is 2. The first-order chi connectivity index (χ1) is 12.5. The van der Waals surface area contributed by atoms with Crippen LogP contribution in [-0.2, 0) is 0 Å². The van der Waals surface area contributed by atoms with Crippen molar-refractivity contribution in [3.63, 3.8) is 0 Å². The summed E-state index contributed by atoms with van der Waals surface area (Å²) >= 11 is 0. The molecule has 0 aliphatic carbocycles. The molecule has 0 heterocycles. The second-order valence-corrected chi connectivity index (χ2v) is 5.86. The van der Waals surface area contributed by atoms with Crippen LogP contribution in [0.15, 0.2) is 58.1 Å². The highest BCUT2D eigenvalue weighted by Crippen LogP contribution is 2.26. The van der Waals surface area contributed by atoms with Crippen LogP contribution >= 0.6 is 0 Å². The monoisotopic (exact) mass is 347 g/mol. The minimum absolute atomic E-state index is 0.161. The molecule has 0 aromatic heterocycles. The van der Waals surface area contributed by atoms with Gasteiger partial charge in [-0.25, -0.2) is 0 Å². The lowest BCUT2D eigenvalue weighted by Gasteiger charge is -2.20. The molecule has 6 nitrogen and oxygen atoms in total. The van der Waals surface area contributed by atoms with Gasteiger partial charge in [0.2, 0.25) is 0 Å². The minimum atomic E-state index is -0.557. The first-order valence-electron chi connectivity index (χ1n) is 8.04. The van der Waals surface area contributed by atoms with Crippen LogP contribution in [0.5, 0.6) is 5.75 Å². The van der Waals surface area contributed by atoms with Crippen LogP contribution in [0.4, 0.5) is 17.1 Å². The Morgan fingerprint density at radius 2 is 1.58 bits per heavy atom. The molecular formula is C20H17N3O3. The summed E-state index contributed by atoms with van der Waals surface area (Å²) in [5.41, 5.74) is 1.52. The van der Waals surface area contributed by atoms with Crippen LogP contribution in [-0.4, -0.2) is 7.11 Å². The third-order valence-corrected chi connectivity index (χ3v) is 4.17. The molecule has 0 amide bonds. The van der Waals surface area contributed by atoms with Gasteiger partial charge in [0.25, 0.3) is 10.9 Å². The maximum Gasteiger partial charge on any atom is 0.253 e. The summed E-state index contributed by atoms with van der Waals surface area (Å²) in [6.45, 7) is 1.91. The highest BCUT2D eigenvalue weighted by Gasteiger charge is 2.22. The number of methoxy groups -OCH3 is 1. The Kier molecular flexibility index (Phi) is 4.72. The van der Waals surface area contributed by atoms with Gasteiger partial charge in [-0.05, 0) is 48.9 Å². The van der Waals surface area contributed by atoms with Crippen LogP contribution in [0, 0.1) is 11.3 Å². The van der Waals surface area contributed by atoms with Crippen molar-refractivity contribution in [1.82, 2.24) is 0 Å². The van der Waals surface area contributed by atoms with Gasteiger partial charge in [0.15, 0.2) is 0 Å². The minimum Gasteiger partial charge on any atom is -0.497 e. The fraction of sp³-hybridized carbons (Fsp3) is 0.150. The van der Waals surface area contributed by atoms with E-state index in [1.54, 1.807) is 31.4 Å². The molecule has 26 heavy (non-hydrogen) atoms.